The normalized spacial score (nSPS) is 17.5. The standard InChI is InChI=1S/C15H19N3O/c1-12(18-9-5-2-6-10-18)15(19)17-14-8-4-3-7-13(14)11-16/h3-4,7-8,12H,2,5-6,9-10H2,1H3,(H,17,19). The molecule has 2 rings (SSSR count). The minimum absolute atomic E-state index is 0.0374. The number of para-hydroxylation sites is 1. The van der Waals surface area contributed by atoms with Crippen LogP contribution in [0.5, 0.6) is 0 Å². The second-order valence-corrected chi connectivity index (χ2v) is 4.92. The largest absolute Gasteiger partial charge is 0.324 e. The van der Waals surface area contributed by atoms with E-state index in [0.29, 0.717) is 11.3 Å². The molecule has 100 valence electrons. The van der Waals surface area contributed by atoms with Gasteiger partial charge in [0.25, 0.3) is 0 Å². The molecular formula is C15H19N3O. The molecule has 1 aliphatic heterocycles. The molecule has 0 bridgehead atoms. The van der Waals surface area contributed by atoms with Crippen LogP contribution in [-0.4, -0.2) is 29.9 Å². The molecule has 1 unspecified atom stereocenters. The lowest BCUT2D eigenvalue weighted by atomic mass is 10.1. The highest BCUT2D eigenvalue weighted by molar-refractivity contribution is 5.95. The van der Waals surface area contributed by atoms with Crippen LogP contribution >= 0.6 is 0 Å². The van der Waals surface area contributed by atoms with Crippen molar-refractivity contribution in [3.8, 4) is 6.07 Å². The van der Waals surface area contributed by atoms with E-state index in [4.69, 9.17) is 5.26 Å². The van der Waals surface area contributed by atoms with Gasteiger partial charge in [0.05, 0.1) is 17.3 Å². The first kappa shape index (κ1) is 13.6. The average Bonchev–Trinajstić information content (AvgIpc) is 2.48. The van der Waals surface area contributed by atoms with E-state index in [9.17, 15) is 4.79 Å². The van der Waals surface area contributed by atoms with Crippen molar-refractivity contribution in [2.45, 2.75) is 32.2 Å². The Balaban J connectivity index is 2.02. The molecule has 1 heterocycles. The second-order valence-electron chi connectivity index (χ2n) is 4.92. The van der Waals surface area contributed by atoms with Crippen LogP contribution in [0.1, 0.15) is 31.7 Å². The van der Waals surface area contributed by atoms with E-state index in [0.717, 1.165) is 25.9 Å². The smallest absolute Gasteiger partial charge is 0.241 e. The molecule has 1 aromatic rings. The minimum Gasteiger partial charge on any atom is -0.324 e. The van der Waals surface area contributed by atoms with Gasteiger partial charge < -0.3 is 5.32 Å². The van der Waals surface area contributed by atoms with Crippen LogP contribution in [0.4, 0.5) is 5.69 Å². The van der Waals surface area contributed by atoms with Crippen molar-refractivity contribution in [2.75, 3.05) is 18.4 Å². The molecule has 0 spiro atoms. The summed E-state index contributed by atoms with van der Waals surface area (Å²) in [6.07, 6.45) is 3.57. The Kier molecular flexibility index (Phi) is 4.53. The molecule has 4 nitrogen and oxygen atoms in total. The number of carbonyl (C=O) groups is 1. The number of hydrogen-bond acceptors (Lipinski definition) is 3. The number of carbonyl (C=O) groups excluding carboxylic acids is 1. The van der Waals surface area contributed by atoms with E-state index in [-0.39, 0.29) is 11.9 Å². The molecule has 1 N–H and O–H groups in total. The van der Waals surface area contributed by atoms with E-state index < -0.39 is 0 Å². The summed E-state index contributed by atoms with van der Waals surface area (Å²) in [5.74, 6) is -0.0374. The number of nitriles is 1. The van der Waals surface area contributed by atoms with Gasteiger partial charge in [-0.25, -0.2) is 0 Å². The Morgan fingerprint density at radius 1 is 1.32 bits per heavy atom. The van der Waals surface area contributed by atoms with Gasteiger partial charge in [-0.15, -0.1) is 0 Å². The zero-order valence-electron chi connectivity index (χ0n) is 11.2. The van der Waals surface area contributed by atoms with Crippen LogP contribution < -0.4 is 5.32 Å². The molecule has 0 aliphatic carbocycles. The average molecular weight is 257 g/mol. The predicted molar refractivity (Wildman–Crippen MR) is 74.7 cm³/mol. The summed E-state index contributed by atoms with van der Waals surface area (Å²) >= 11 is 0. The predicted octanol–water partition coefficient (Wildman–Crippen LogP) is 2.37. The molecule has 1 aromatic carbocycles. The van der Waals surface area contributed by atoms with Gasteiger partial charge in [-0.05, 0) is 45.0 Å². The fraction of sp³-hybridized carbons (Fsp3) is 0.467. The fourth-order valence-electron chi connectivity index (χ4n) is 2.40. The topological polar surface area (TPSA) is 56.1 Å². The highest BCUT2D eigenvalue weighted by Gasteiger charge is 2.23. The van der Waals surface area contributed by atoms with Crippen molar-refractivity contribution in [3.05, 3.63) is 29.8 Å². The highest BCUT2D eigenvalue weighted by atomic mass is 16.2. The first-order valence-electron chi connectivity index (χ1n) is 6.76. The van der Waals surface area contributed by atoms with Crippen LogP contribution in [0.15, 0.2) is 24.3 Å². The fourth-order valence-corrected chi connectivity index (χ4v) is 2.40. The van der Waals surface area contributed by atoms with Gasteiger partial charge in [0.2, 0.25) is 5.91 Å². The molecule has 0 aromatic heterocycles. The molecule has 1 saturated heterocycles. The Morgan fingerprint density at radius 2 is 2.00 bits per heavy atom. The van der Waals surface area contributed by atoms with Crippen molar-refractivity contribution in [1.82, 2.24) is 4.90 Å². The summed E-state index contributed by atoms with van der Waals surface area (Å²) in [4.78, 5) is 14.4. The maximum Gasteiger partial charge on any atom is 0.241 e. The Morgan fingerprint density at radius 3 is 2.68 bits per heavy atom. The molecule has 4 heteroatoms. The molecule has 19 heavy (non-hydrogen) atoms. The summed E-state index contributed by atoms with van der Waals surface area (Å²) in [6.45, 7) is 3.89. The van der Waals surface area contributed by atoms with E-state index in [1.54, 1.807) is 18.2 Å². The lowest BCUT2D eigenvalue weighted by Crippen LogP contribution is -2.44. The van der Waals surface area contributed by atoms with Gasteiger partial charge in [0.15, 0.2) is 0 Å². The van der Waals surface area contributed by atoms with Gasteiger partial charge in [0, 0.05) is 0 Å². The number of benzene rings is 1. The summed E-state index contributed by atoms with van der Waals surface area (Å²) in [5.41, 5.74) is 1.10. The van der Waals surface area contributed by atoms with Gasteiger partial charge in [-0.2, -0.15) is 5.26 Å². The monoisotopic (exact) mass is 257 g/mol. The maximum absolute atomic E-state index is 12.2. The van der Waals surface area contributed by atoms with Crippen molar-refractivity contribution in [2.24, 2.45) is 0 Å². The summed E-state index contributed by atoms with van der Waals surface area (Å²) in [6, 6.07) is 9.03. The zero-order chi connectivity index (χ0) is 13.7. The van der Waals surface area contributed by atoms with Crippen LogP contribution in [-0.2, 0) is 4.79 Å². The Labute approximate surface area is 114 Å². The van der Waals surface area contributed by atoms with Crippen molar-refractivity contribution < 1.29 is 4.79 Å². The van der Waals surface area contributed by atoms with Crippen LogP contribution in [0.25, 0.3) is 0 Å². The number of anilines is 1. The van der Waals surface area contributed by atoms with Gasteiger partial charge in [-0.3, -0.25) is 9.69 Å². The second kappa shape index (κ2) is 6.35. The highest BCUT2D eigenvalue weighted by Crippen LogP contribution is 2.16. The van der Waals surface area contributed by atoms with E-state index >= 15 is 0 Å². The van der Waals surface area contributed by atoms with Crippen molar-refractivity contribution in [3.63, 3.8) is 0 Å². The van der Waals surface area contributed by atoms with Gasteiger partial charge in [0.1, 0.15) is 6.07 Å². The third-order valence-electron chi connectivity index (χ3n) is 3.62. The first-order valence-corrected chi connectivity index (χ1v) is 6.76. The number of nitrogens with zero attached hydrogens (tertiary/aromatic N) is 2. The number of rotatable bonds is 3. The summed E-state index contributed by atoms with van der Waals surface area (Å²) in [5, 5.41) is 11.9. The SMILES string of the molecule is CC(C(=O)Nc1ccccc1C#N)N1CCCCC1. The Bertz CT molecular complexity index is 486. The van der Waals surface area contributed by atoms with E-state index in [1.165, 1.54) is 6.42 Å². The van der Waals surface area contributed by atoms with E-state index in [1.807, 2.05) is 13.0 Å². The third kappa shape index (κ3) is 3.33. The number of nitrogens with one attached hydrogen (secondary N) is 1. The molecule has 1 amide bonds. The van der Waals surface area contributed by atoms with Crippen molar-refractivity contribution in [1.29, 1.82) is 5.26 Å². The Hall–Kier alpha value is -1.86. The summed E-state index contributed by atoms with van der Waals surface area (Å²) in [7, 11) is 0. The molecule has 0 saturated carbocycles. The van der Waals surface area contributed by atoms with Gasteiger partial charge in [-0.1, -0.05) is 18.6 Å². The molecule has 0 radical (unpaired) electrons. The van der Waals surface area contributed by atoms with Crippen LogP contribution in [0.2, 0.25) is 0 Å². The number of piperidine rings is 1. The van der Waals surface area contributed by atoms with Crippen LogP contribution in [0.3, 0.4) is 0 Å². The van der Waals surface area contributed by atoms with Crippen LogP contribution in [0, 0.1) is 11.3 Å². The molecule has 1 atom stereocenters. The lowest BCUT2D eigenvalue weighted by molar-refractivity contribution is -0.121. The number of amides is 1. The zero-order valence-corrected chi connectivity index (χ0v) is 11.2. The summed E-state index contributed by atoms with van der Waals surface area (Å²) < 4.78 is 0. The molecular weight excluding hydrogens is 238 g/mol. The van der Waals surface area contributed by atoms with Crippen molar-refractivity contribution >= 4 is 11.6 Å². The molecule has 1 fully saturated rings. The minimum atomic E-state index is -0.146. The maximum atomic E-state index is 12.2. The third-order valence-corrected chi connectivity index (χ3v) is 3.62. The van der Waals surface area contributed by atoms with Gasteiger partial charge >= 0.3 is 0 Å². The molecule has 1 aliphatic rings. The lowest BCUT2D eigenvalue weighted by Gasteiger charge is -2.31. The quantitative estimate of drug-likeness (QED) is 0.904. The van der Waals surface area contributed by atoms with E-state index in [2.05, 4.69) is 16.3 Å². The number of hydrogen-bond donors (Lipinski definition) is 1. The number of likely N-dealkylation sites (tertiary alicyclic amines) is 1. The first-order chi connectivity index (χ1) is 9.22.